The van der Waals surface area contributed by atoms with E-state index in [1.807, 2.05) is 0 Å². The van der Waals surface area contributed by atoms with Crippen molar-refractivity contribution in [2.45, 2.75) is 247 Å². The molecule has 0 rings (SSSR count). The van der Waals surface area contributed by atoms with Gasteiger partial charge in [-0.25, -0.2) is 0 Å². The molecule has 0 N–H and O–H groups in total. The molecule has 0 bridgehead atoms. The van der Waals surface area contributed by atoms with Crippen LogP contribution in [0.3, 0.4) is 0 Å². The second-order valence-corrected chi connectivity index (χ2v) is 17.5. The van der Waals surface area contributed by atoms with Crippen LogP contribution in [-0.4, -0.2) is 63.4 Å². The molecule has 0 amide bonds. The van der Waals surface area contributed by atoms with Gasteiger partial charge in [0.25, 0.3) is 0 Å². The Balaban J connectivity index is 4.29. The smallest absolute Gasteiger partial charge is 0.305 e. The van der Waals surface area contributed by atoms with Crippen molar-refractivity contribution < 1.29 is 23.8 Å². The van der Waals surface area contributed by atoms with Gasteiger partial charge in [0.15, 0.2) is 0 Å². The van der Waals surface area contributed by atoms with Crippen molar-refractivity contribution >= 4 is 11.9 Å². The van der Waals surface area contributed by atoms with E-state index in [1.165, 1.54) is 154 Å². The third kappa shape index (κ3) is 38.4. The van der Waals surface area contributed by atoms with E-state index in [9.17, 15) is 9.59 Å². The second-order valence-electron chi connectivity index (χ2n) is 17.5. The number of carbonyl (C=O) groups is 2. The maximum Gasteiger partial charge on any atom is 0.305 e. The molecule has 0 spiro atoms. The molecule has 0 aliphatic rings. The zero-order chi connectivity index (χ0) is 41.2. The molecule has 0 atom stereocenters. The number of carbonyl (C=O) groups excluding carboxylic acids is 2. The molecular weight excluding hydrogens is 695 g/mol. The van der Waals surface area contributed by atoms with Crippen LogP contribution in [0.15, 0.2) is 0 Å². The van der Waals surface area contributed by atoms with Gasteiger partial charge in [0.05, 0.1) is 13.2 Å². The first-order chi connectivity index (χ1) is 27.4. The zero-order valence-corrected chi connectivity index (χ0v) is 38.8. The van der Waals surface area contributed by atoms with E-state index in [0.29, 0.717) is 43.8 Å². The molecule has 0 aromatic rings. The molecular formula is C50H99NO5. The van der Waals surface area contributed by atoms with Crippen LogP contribution in [0.25, 0.3) is 0 Å². The summed E-state index contributed by atoms with van der Waals surface area (Å²) in [6, 6.07) is 0. The zero-order valence-electron chi connectivity index (χ0n) is 38.8. The Hall–Kier alpha value is -1.14. The van der Waals surface area contributed by atoms with Crippen LogP contribution in [-0.2, 0) is 23.8 Å². The van der Waals surface area contributed by atoms with Crippen molar-refractivity contribution in [3.05, 3.63) is 0 Å². The van der Waals surface area contributed by atoms with Crippen molar-refractivity contribution in [1.82, 2.24) is 4.90 Å². The predicted molar refractivity (Wildman–Crippen MR) is 241 cm³/mol. The minimum atomic E-state index is 0.00262. The highest BCUT2D eigenvalue weighted by Crippen LogP contribution is 2.23. The van der Waals surface area contributed by atoms with Crippen molar-refractivity contribution in [2.75, 3.05) is 46.6 Å². The molecule has 0 saturated heterocycles. The van der Waals surface area contributed by atoms with Gasteiger partial charge in [-0.1, -0.05) is 189 Å². The van der Waals surface area contributed by atoms with Gasteiger partial charge in [-0.3, -0.25) is 9.59 Å². The van der Waals surface area contributed by atoms with Crippen LogP contribution in [0.1, 0.15) is 247 Å². The summed E-state index contributed by atoms with van der Waals surface area (Å²) in [5.74, 6) is 2.07. The number of esters is 2. The molecule has 0 aliphatic carbocycles. The largest absolute Gasteiger partial charge is 0.466 e. The number of hydrogen-bond donors (Lipinski definition) is 0. The fourth-order valence-corrected chi connectivity index (χ4v) is 8.04. The van der Waals surface area contributed by atoms with Crippen molar-refractivity contribution in [3.8, 4) is 0 Å². The summed E-state index contributed by atoms with van der Waals surface area (Å²) in [7, 11) is 2.18. The van der Waals surface area contributed by atoms with E-state index in [-0.39, 0.29) is 11.9 Å². The third-order valence-corrected chi connectivity index (χ3v) is 12.2. The van der Waals surface area contributed by atoms with Crippen LogP contribution in [0, 0.1) is 17.8 Å². The van der Waals surface area contributed by atoms with Crippen LogP contribution >= 0.6 is 0 Å². The molecule has 334 valence electrons. The normalized spacial score (nSPS) is 11.8. The highest BCUT2D eigenvalue weighted by Gasteiger charge is 2.13. The van der Waals surface area contributed by atoms with Gasteiger partial charge < -0.3 is 19.1 Å². The number of unbranched alkanes of at least 4 members (excludes halogenated alkanes) is 16. The summed E-state index contributed by atoms with van der Waals surface area (Å²) >= 11 is 0. The first-order valence-electron chi connectivity index (χ1n) is 25.0. The monoisotopic (exact) mass is 794 g/mol. The van der Waals surface area contributed by atoms with Gasteiger partial charge in [0.2, 0.25) is 0 Å². The summed E-state index contributed by atoms with van der Waals surface area (Å²) < 4.78 is 17.5. The average Bonchev–Trinajstić information content (AvgIpc) is 3.19. The lowest BCUT2D eigenvalue weighted by atomic mass is 9.92. The van der Waals surface area contributed by atoms with E-state index in [2.05, 4.69) is 46.6 Å². The molecule has 0 aromatic carbocycles. The Morgan fingerprint density at radius 2 is 0.768 bits per heavy atom. The highest BCUT2D eigenvalue weighted by atomic mass is 16.5. The molecule has 6 nitrogen and oxygen atoms in total. The molecule has 0 heterocycles. The first-order valence-corrected chi connectivity index (χ1v) is 25.0. The Labute approximate surface area is 350 Å². The van der Waals surface area contributed by atoms with E-state index in [0.717, 1.165) is 71.2 Å². The maximum absolute atomic E-state index is 12.4. The first kappa shape index (κ1) is 54.9. The lowest BCUT2D eigenvalue weighted by Crippen LogP contribution is -2.20. The summed E-state index contributed by atoms with van der Waals surface area (Å²) in [6.45, 7) is 16.4. The number of ether oxygens (including phenoxy) is 3. The minimum absolute atomic E-state index is 0.00262. The van der Waals surface area contributed by atoms with E-state index in [4.69, 9.17) is 14.2 Å². The standard InChI is InChI=1S/C50H99NO5/c1-7-12-22-31-46(32-23-13-8-2)39-43-55-49(52)37-28-20-16-18-26-35-48(45-54-42-30-41-51(6)11-5)36-27-19-17-21-29-38-50(53)56-44-40-47(33-24-14-9-3)34-25-15-10-4/h46-48H,7-45H2,1-6H3. The topological polar surface area (TPSA) is 65.1 Å². The Morgan fingerprint density at radius 3 is 1.16 bits per heavy atom. The fourth-order valence-electron chi connectivity index (χ4n) is 8.04. The third-order valence-electron chi connectivity index (χ3n) is 12.2. The number of rotatable bonds is 45. The van der Waals surface area contributed by atoms with Gasteiger partial charge in [0, 0.05) is 32.6 Å². The van der Waals surface area contributed by atoms with Crippen LogP contribution in [0.5, 0.6) is 0 Å². The van der Waals surface area contributed by atoms with Crippen LogP contribution < -0.4 is 0 Å². The molecule has 0 saturated carbocycles. The Bertz CT molecular complexity index is 745. The van der Waals surface area contributed by atoms with Gasteiger partial charge in [-0.15, -0.1) is 0 Å². The van der Waals surface area contributed by atoms with E-state index in [1.54, 1.807) is 0 Å². The molecule has 6 heteroatoms. The summed E-state index contributed by atoms with van der Waals surface area (Å²) in [4.78, 5) is 27.2. The highest BCUT2D eigenvalue weighted by molar-refractivity contribution is 5.69. The molecule has 0 fully saturated rings. The van der Waals surface area contributed by atoms with Gasteiger partial charge in [0.1, 0.15) is 0 Å². The van der Waals surface area contributed by atoms with Crippen molar-refractivity contribution in [2.24, 2.45) is 17.8 Å². The van der Waals surface area contributed by atoms with Crippen LogP contribution in [0.4, 0.5) is 0 Å². The van der Waals surface area contributed by atoms with Crippen molar-refractivity contribution in [1.29, 1.82) is 0 Å². The Kier molecular flexibility index (Phi) is 42.6. The Morgan fingerprint density at radius 1 is 0.411 bits per heavy atom. The number of hydrogen-bond acceptors (Lipinski definition) is 6. The predicted octanol–water partition coefficient (Wildman–Crippen LogP) is 14.8. The second kappa shape index (κ2) is 43.4. The van der Waals surface area contributed by atoms with Crippen molar-refractivity contribution in [3.63, 3.8) is 0 Å². The quantitative estimate of drug-likeness (QED) is 0.0452. The fraction of sp³-hybridized carbons (Fsp3) is 0.960. The average molecular weight is 794 g/mol. The van der Waals surface area contributed by atoms with Crippen LogP contribution in [0.2, 0.25) is 0 Å². The number of nitrogens with zero attached hydrogens (tertiary/aromatic N) is 1. The lowest BCUT2D eigenvalue weighted by molar-refractivity contribution is -0.145. The molecule has 0 radical (unpaired) electrons. The summed E-state index contributed by atoms with van der Waals surface area (Å²) in [5, 5.41) is 0. The molecule has 0 aliphatic heterocycles. The van der Waals surface area contributed by atoms with Gasteiger partial charge >= 0.3 is 11.9 Å². The molecule has 0 aromatic heterocycles. The van der Waals surface area contributed by atoms with E-state index >= 15 is 0 Å². The maximum atomic E-state index is 12.4. The summed E-state index contributed by atoms with van der Waals surface area (Å²) in [5.41, 5.74) is 0. The minimum Gasteiger partial charge on any atom is -0.466 e. The van der Waals surface area contributed by atoms with E-state index < -0.39 is 0 Å². The SMILES string of the molecule is CCCCCC(CCCCC)CCOC(=O)CCCCCCCC(CCCCCCCC(=O)OCCC(CCCCC)CCCCC)COCCCN(C)CC. The van der Waals surface area contributed by atoms with Gasteiger partial charge in [-0.2, -0.15) is 0 Å². The summed E-state index contributed by atoms with van der Waals surface area (Å²) in [6.07, 6.45) is 39.0. The lowest BCUT2D eigenvalue weighted by Gasteiger charge is -2.18. The van der Waals surface area contributed by atoms with Gasteiger partial charge in [-0.05, 0) is 76.3 Å². The molecule has 56 heavy (non-hydrogen) atoms. The molecule has 0 unspecified atom stereocenters.